The minimum absolute atomic E-state index is 0.0373. The van der Waals surface area contributed by atoms with Crippen LogP contribution >= 0.6 is 0 Å². The molecule has 0 amide bonds. The molecule has 1 aromatic carbocycles. The molecule has 1 aromatic rings. The zero-order chi connectivity index (χ0) is 11.2. The van der Waals surface area contributed by atoms with E-state index in [9.17, 15) is 8.78 Å². The van der Waals surface area contributed by atoms with E-state index < -0.39 is 17.6 Å². The molecule has 86 valence electrons. The molecular weight excluding hydrogens is 214 g/mol. The number of alkyl halides is 1. The highest BCUT2D eigenvalue weighted by Gasteiger charge is 2.49. The molecule has 2 heterocycles. The maximum atomic E-state index is 13.9. The smallest absolute Gasteiger partial charge is 0.165 e. The average molecular weight is 226 g/mol. The van der Waals surface area contributed by atoms with Gasteiger partial charge in [-0.3, -0.25) is 0 Å². The molecule has 0 aromatic heterocycles. The van der Waals surface area contributed by atoms with E-state index in [0.29, 0.717) is 19.4 Å². The Morgan fingerprint density at radius 1 is 1.38 bits per heavy atom. The normalized spacial score (nSPS) is 32.5. The van der Waals surface area contributed by atoms with Gasteiger partial charge in [-0.25, -0.2) is 8.78 Å². The number of ether oxygens (including phenoxy) is 2. The zero-order valence-corrected chi connectivity index (χ0v) is 8.71. The minimum atomic E-state index is -1.19. The van der Waals surface area contributed by atoms with Crippen molar-refractivity contribution in [1.29, 1.82) is 0 Å². The standard InChI is InChI=1S/C12H12F2O2/c13-9-3-1-2-8-6-12(16-11(8)9)4-5-15-7-10(12)14/h1-3,10H,4-7H2. The lowest BCUT2D eigenvalue weighted by molar-refractivity contribution is -0.0963. The number of hydrogen-bond donors (Lipinski definition) is 0. The molecule has 0 N–H and O–H groups in total. The summed E-state index contributed by atoms with van der Waals surface area (Å²) in [6, 6.07) is 4.75. The molecule has 3 rings (SSSR count). The Labute approximate surface area is 92.2 Å². The highest BCUT2D eigenvalue weighted by Crippen LogP contribution is 2.42. The fourth-order valence-corrected chi connectivity index (χ4v) is 2.42. The molecule has 2 unspecified atom stereocenters. The lowest BCUT2D eigenvalue weighted by atomic mass is 9.88. The fraction of sp³-hybridized carbons (Fsp3) is 0.500. The van der Waals surface area contributed by atoms with Gasteiger partial charge < -0.3 is 9.47 Å². The Morgan fingerprint density at radius 3 is 3.00 bits per heavy atom. The lowest BCUT2D eigenvalue weighted by Gasteiger charge is -2.35. The van der Waals surface area contributed by atoms with Crippen LogP contribution in [0.15, 0.2) is 18.2 Å². The first kappa shape index (κ1) is 10.0. The van der Waals surface area contributed by atoms with Gasteiger partial charge in [-0.2, -0.15) is 0 Å². The highest BCUT2D eigenvalue weighted by atomic mass is 19.1. The first-order valence-corrected chi connectivity index (χ1v) is 5.39. The summed E-state index contributed by atoms with van der Waals surface area (Å²) in [5.41, 5.74) is -0.146. The third-order valence-corrected chi connectivity index (χ3v) is 3.35. The second kappa shape index (κ2) is 3.42. The van der Waals surface area contributed by atoms with Crippen molar-refractivity contribution in [1.82, 2.24) is 0 Å². The lowest BCUT2D eigenvalue weighted by Crippen LogP contribution is -2.50. The third kappa shape index (κ3) is 1.33. The van der Waals surface area contributed by atoms with Crippen LogP contribution in [0.3, 0.4) is 0 Å². The van der Waals surface area contributed by atoms with E-state index in [1.165, 1.54) is 6.07 Å². The molecule has 2 aliphatic rings. The van der Waals surface area contributed by atoms with E-state index in [1.807, 2.05) is 0 Å². The van der Waals surface area contributed by atoms with E-state index in [1.54, 1.807) is 12.1 Å². The molecule has 4 heteroatoms. The van der Waals surface area contributed by atoms with Crippen LogP contribution in [-0.4, -0.2) is 25.0 Å². The summed E-state index contributed by atoms with van der Waals surface area (Å²) in [7, 11) is 0. The summed E-state index contributed by atoms with van der Waals surface area (Å²) in [6.45, 7) is 0.506. The molecule has 1 saturated heterocycles. The minimum Gasteiger partial charge on any atom is -0.480 e. The second-order valence-electron chi connectivity index (χ2n) is 4.36. The Kier molecular flexibility index (Phi) is 2.14. The van der Waals surface area contributed by atoms with Crippen LogP contribution in [0.25, 0.3) is 0 Å². The monoisotopic (exact) mass is 226 g/mol. The molecule has 1 spiro atoms. The molecule has 0 saturated carbocycles. The summed E-state index contributed by atoms with van der Waals surface area (Å²) in [5, 5.41) is 0. The summed E-state index contributed by atoms with van der Waals surface area (Å²) >= 11 is 0. The van der Waals surface area contributed by atoms with Crippen LogP contribution in [0.4, 0.5) is 8.78 Å². The van der Waals surface area contributed by atoms with Crippen LogP contribution in [-0.2, 0) is 11.2 Å². The van der Waals surface area contributed by atoms with Crippen LogP contribution in [0.5, 0.6) is 5.75 Å². The molecule has 16 heavy (non-hydrogen) atoms. The first-order chi connectivity index (χ1) is 7.71. The molecule has 0 aliphatic carbocycles. The van der Waals surface area contributed by atoms with Crippen molar-refractivity contribution in [2.75, 3.05) is 13.2 Å². The van der Waals surface area contributed by atoms with E-state index >= 15 is 0 Å². The molecule has 2 nitrogen and oxygen atoms in total. The SMILES string of the molecule is Fc1cccc2c1OC1(CCOCC1F)C2. The van der Waals surface area contributed by atoms with Gasteiger partial charge in [0.25, 0.3) is 0 Å². The Hall–Kier alpha value is -1.16. The highest BCUT2D eigenvalue weighted by molar-refractivity contribution is 5.41. The Balaban J connectivity index is 1.97. The molecule has 2 aliphatic heterocycles. The Morgan fingerprint density at radius 2 is 2.25 bits per heavy atom. The van der Waals surface area contributed by atoms with Gasteiger partial charge in [0.05, 0.1) is 13.2 Å². The molecule has 0 radical (unpaired) electrons. The summed E-state index contributed by atoms with van der Waals surface area (Å²) in [5.74, 6) is -0.194. The number of benzene rings is 1. The van der Waals surface area contributed by atoms with Gasteiger partial charge in [0.1, 0.15) is 5.60 Å². The van der Waals surface area contributed by atoms with E-state index in [4.69, 9.17) is 9.47 Å². The van der Waals surface area contributed by atoms with Crippen molar-refractivity contribution in [2.24, 2.45) is 0 Å². The molecule has 0 bridgehead atoms. The number of rotatable bonds is 0. The van der Waals surface area contributed by atoms with Crippen LogP contribution in [0.2, 0.25) is 0 Å². The number of hydrogen-bond acceptors (Lipinski definition) is 2. The summed E-state index contributed by atoms with van der Waals surface area (Å²) in [4.78, 5) is 0. The van der Waals surface area contributed by atoms with E-state index in [2.05, 4.69) is 0 Å². The predicted octanol–water partition coefficient (Wildman–Crippen LogP) is 2.26. The van der Waals surface area contributed by atoms with Gasteiger partial charge in [0.2, 0.25) is 0 Å². The maximum absolute atomic E-state index is 13.9. The number of para-hydroxylation sites is 1. The van der Waals surface area contributed by atoms with Gasteiger partial charge in [0, 0.05) is 18.4 Å². The zero-order valence-electron chi connectivity index (χ0n) is 8.71. The molecular formula is C12H12F2O2. The summed E-state index contributed by atoms with van der Waals surface area (Å²) in [6.07, 6.45) is -0.277. The van der Waals surface area contributed by atoms with Crippen molar-refractivity contribution >= 4 is 0 Å². The maximum Gasteiger partial charge on any atom is 0.165 e. The average Bonchev–Trinajstić information content (AvgIpc) is 2.64. The van der Waals surface area contributed by atoms with Crippen LogP contribution in [0, 0.1) is 5.82 Å². The van der Waals surface area contributed by atoms with Crippen molar-refractivity contribution in [3.8, 4) is 5.75 Å². The van der Waals surface area contributed by atoms with Crippen molar-refractivity contribution in [3.05, 3.63) is 29.6 Å². The van der Waals surface area contributed by atoms with Gasteiger partial charge in [-0.1, -0.05) is 12.1 Å². The van der Waals surface area contributed by atoms with Gasteiger partial charge in [-0.15, -0.1) is 0 Å². The second-order valence-corrected chi connectivity index (χ2v) is 4.36. The largest absolute Gasteiger partial charge is 0.480 e. The fourth-order valence-electron chi connectivity index (χ4n) is 2.42. The molecule has 1 fully saturated rings. The van der Waals surface area contributed by atoms with Crippen molar-refractivity contribution in [2.45, 2.75) is 24.6 Å². The molecule has 2 atom stereocenters. The van der Waals surface area contributed by atoms with Crippen LogP contribution < -0.4 is 4.74 Å². The quantitative estimate of drug-likeness (QED) is 0.675. The summed E-state index contributed by atoms with van der Waals surface area (Å²) < 4.78 is 37.9. The first-order valence-electron chi connectivity index (χ1n) is 5.39. The number of halogens is 2. The Bertz CT molecular complexity index is 421. The topological polar surface area (TPSA) is 18.5 Å². The van der Waals surface area contributed by atoms with E-state index in [0.717, 1.165) is 5.56 Å². The van der Waals surface area contributed by atoms with E-state index in [-0.39, 0.29) is 12.4 Å². The third-order valence-electron chi connectivity index (χ3n) is 3.35. The van der Waals surface area contributed by atoms with Crippen molar-refractivity contribution < 1.29 is 18.3 Å². The predicted molar refractivity (Wildman–Crippen MR) is 53.8 cm³/mol. The van der Waals surface area contributed by atoms with Gasteiger partial charge in [0.15, 0.2) is 17.7 Å². The van der Waals surface area contributed by atoms with Gasteiger partial charge in [-0.05, 0) is 6.07 Å². The number of fused-ring (bicyclic) bond motifs is 1. The van der Waals surface area contributed by atoms with Gasteiger partial charge >= 0.3 is 0 Å². The van der Waals surface area contributed by atoms with Crippen molar-refractivity contribution in [3.63, 3.8) is 0 Å². The van der Waals surface area contributed by atoms with Crippen LogP contribution in [0.1, 0.15) is 12.0 Å².